The summed E-state index contributed by atoms with van der Waals surface area (Å²) < 4.78 is 5.14. The fourth-order valence-electron chi connectivity index (χ4n) is 3.03. The summed E-state index contributed by atoms with van der Waals surface area (Å²) >= 11 is 0. The molecule has 3 rings (SSSR count). The van der Waals surface area contributed by atoms with E-state index in [2.05, 4.69) is 29.0 Å². The highest BCUT2D eigenvalue weighted by molar-refractivity contribution is 5.71. The number of rotatable bonds is 3. The maximum atomic E-state index is 5.14. The first-order valence-corrected chi connectivity index (χ1v) is 6.28. The monoisotopic (exact) mass is 230 g/mol. The summed E-state index contributed by atoms with van der Waals surface area (Å²) in [6, 6.07) is 4.65. The molecule has 0 radical (unpaired) electrons. The largest absolute Gasteiger partial charge is 0.495 e. The minimum absolute atomic E-state index is 0.589. The minimum atomic E-state index is 0.589. The molecule has 2 aliphatic rings. The molecular formula is C14H18N2O. The lowest BCUT2D eigenvalue weighted by atomic mass is 10.1. The standard InChI is InChI=1S/C14H18N2O/c1-3-16-9-10-6-12(14(16)7-10)13-5-4-11(17-2)8-15-13/h4-6,8,10,14H,3,7,9H2,1-2H3. The van der Waals surface area contributed by atoms with Crippen molar-refractivity contribution in [2.75, 3.05) is 20.2 Å². The van der Waals surface area contributed by atoms with Gasteiger partial charge in [-0.2, -0.15) is 0 Å². The van der Waals surface area contributed by atoms with Gasteiger partial charge in [-0.1, -0.05) is 13.0 Å². The Morgan fingerprint density at radius 3 is 2.94 bits per heavy atom. The van der Waals surface area contributed by atoms with Crippen molar-refractivity contribution in [3.63, 3.8) is 0 Å². The second-order valence-corrected chi connectivity index (χ2v) is 4.80. The molecule has 17 heavy (non-hydrogen) atoms. The summed E-state index contributed by atoms with van der Waals surface area (Å²) in [5, 5.41) is 0. The fourth-order valence-corrected chi connectivity index (χ4v) is 3.03. The van der Waals surface area contributed by atoms with Crippen LogP contribution in [0.3, 0.4) is 0 Å². The van der Waals surface area contributed by atoms with E-state index in [9.17, 15) is 0 Å². The van der Waals surface area contributed by atoms with Gasteiger partial charge in [0, 0.05) is 12.6 Å². The smallest absolute Gasteiger partial charge is 0.137 e. The fraction of sp³-hybridized carbons (Fsp3) is 0.500. The zero-order chi connectivity index (χ0) is 11.8. The number of hydrogen-bond donors (Lipinski definition) is 0. The van der Waals surface area contributed by atoms with Gasteiger partial charge in [-0.3, -0.25) is 9.88 Å². The quantitative estimate of drug-likeness (QED) is 0.796. The van der Waals surface area contributed by atoms with Crippen LogP contribution in [0.2, 0.25) is 0 Å². The molecule has 0 spiro atoms. The average Bonchev–Trinajstić information content (AvgIpc) is 2.98. The van der Waals surface area contributed by atoms with E-state index in [0.717, 1.165) is 23.9 Å². The van der Waals surface area contributed by atoms with Crippen LogP contribution in [-0.4, -0.2) is 36.1 Å². The molecule has 1 aliphatic carbocycles. The Morgan fingerprint density at radius 1 is 1.47 bits per heavy atom. The topological polar surface area (TPSA) is 25.4 Å². The van der Waals surface area contributed by atoms with Crippen LogP contribution in [0.15, 0.2) is 24.4 Å². The molecule has 1 aromatic rings. The molecule has 1 aliphatic heterocycles. The Balaban J connectivity index is 1.87. The lowest BCUT2D eigenvalue weighted by Gasteiger charge is -2.26. The zero-order valence-electron chi connectivity index (χ0n) is 10.4. The molecule has 2 heterocycles. The Kier molecular flexibility index (Phi) is 2.63. The van der Waals surface area contributed by atoms with Crippen molar-refractivity contribution < 1.29 is 4.74 Å². The molecule has 1 saturated heterocycles. The number of ether oxygens (including phenoxy) is 1. The summed E-state index contributed by atoms with van der Waals surface area (Å²) in [6.07, 6.45) is 5.49. The zero-order valence-corrected chi connectivity index (χ0v) is 10.4. The molecule has 0 aromatic carbocycles. The third-order valence-electron chi connectivity index (χ3n) is 3.88. The SMILES string of the molecule is CCN1CC2C=C(c3ccc(OC)cn3)C1C2. The van der Waals surface area contributed by atoms with Crippen LogP contribution in [0.4, 0.5) is 0 Å². The highest BCUT2D eigenvalue weighted by Crippen LogP contribution is 2.40. The molecule has 2 unspecified atom stereocenters. The molecule has 0 saturated carbocycles. The highest BCUT2D eigenvalue weighted by Gasteiger charge is 2.38. The summed E-state index contributed by atoms with van der Waals surface area (Å²) in [4.78, 5) is 7.05. The van der Waals surface area contributed by atoms with E-state index in [1.54, 1.807) is 13.3 Å². The van der Waals surface area contributed by atoms with Crippen molar-refractivity contribution in [2.45, 2.75) is 19.4 Å². The van der Waals surface area contributed by atoms with Crippen molar-refractivity contribution >= 4 is 5.57 Å². The van der Waals surface area contributed by atoms with Crippen LogP contribution in [0.5, 0.6) is 5.75 Å². The predicted molar refractivity (Wildman–Crippen MR) is 67.9 cm³/mol. The lowest BCUT2D eigenvalue weighted by molar-refractivity contribution is 0.302. The van der Waals surface area contributed by atoms with Crippen LogP contribution in [0, 0.1) is 5.92 Å². The maximum Gasteiger partial charge on any atom is 0.137 e. The predicted octanol–water partition coefficient (Wildman–Crippen LogP) is 2.20. The third kappa shape index (κ3) is 1.75. The molecule has 90 valence electrons. The third-order valence-corrected chi connectivity index (χ3v) is 3.88. The molecule has 2 atom stereocenters. The molecule has 1 fully saturated rings. The summed E-state index contributed by atoms with van der Waals surface area (Å²) in [6.45, 7) is 4.59. The summed E-state index contributed by atoms with van der Waals surface area (Å²) in [5.41, 5.74) is 2.52. The van der Waals surface area contributed by atoms with Crippen LogP contribution < -0.4 is 4.74 Å². The van der Waals surface area contributed by atoms with Crippen molar-refractivity contribution in [1.82, 2.24) is 9.88 Å². The van der Waals surface area contributed by atoms with Gasteiger partial charge in [-0.05, 0) is 36.6 Å². The molecular weight excluding hydrogens is 212 g/mol. The van der Waals surface area contributed by atoms with E-state index in [0.29, 0.717) is 6.04 Å². The Morgan fingerprint density at radius 2 is 2.35 bits per heavy atom. The first kappa shape index (κ1) is 10.8. The molecule has 0 amide bonds. The number of aromatic nitrogens is 1. The number of fused-ring (bicyclic) bond motifs is 2. The number of likely N-dealkylation sites (N-methyl/N-ethyl adjacent to an activating group) is 1. The van der Waals surface area contributed by atoms with E-state index in [1.807, 2.05) is 6.07 Å². The van der Waals surface area contributed by atoms with Crippen LogP contribution in [0.25, 0.3) is 5.57 Å². The van der Waals surface area contributed by atoms with Gasteiger partial charge in [-0.15, -0.1) is 0 Å². The molecule has 1 aromatic heterocycles. The van der Waals surface area contributed by atoms with Crippen LogP contribution in [0.1, 0.15) is 19.0 Å². The molecule has 0 N–H and O–H groups in total. The lowest BCUT2D eigenvalue weighted by Crippen LogP contribution is -2.32. The molecule has 3 heteroatoms. The number of nitrogens with zero attached hydrogens (tertiary/aromatic N) is 2. The minimum Gasteiger partial charge on any atom is -0.495 e. The highest BCUT2D eigenvalue weighted by atomic mass is 16.5. The Labute approximate surface area is 102 Å². The van der Waals surface area contributed by atoms with Gasteiger partial charge in [0.15, 0.2) is 0 Å². The van der Waals surface area contributed by atoms with E-state index < -0.39 is 0 Å². The summed E-state index contributed by atoms with van der Waals surface area (Å²) in [7, 11) is 1.67. The second kappa shape index (κ2) is 4.15. The first-order chi connectivity index (χ1) is 8.31. The summed E-state index contributed by atoms with van der Waals surface area (Å²) in [5.74, 6) is 1.56. The van der Waals surface area contributed by atoms with Gasteiger partial charge in [0.2, 0.25) is 0 Å². The van der Waals surface area contributed by atoms with Gasteiger partial charge in [0.1, 0.15) is 5.75 Å². The van der Waals surface area contributed by atoms with Gasteiger partial charge in [0.05, 0.1) is 19.0 Å². The van der Waals surface area contributed by atoms with Gasteiger partial charge < -0.3 is 4.74 Å². The molecule has 2 bridgehead atoms. The second-order valence-electron chi connectivity index (χ2n) is 4.80. The van der Waals surface area contributed by atoms with Crippen molar-refractivity contribution in [2.24, 2.45) is 5.92 Å². The van der Waals surface area contributed by atoms with Gasteiger partial charge >= 0.3 is 0 Å². The van der Waals surface area contributed by atoms with Gasteiger partial charge in [0.25, 0.3) is 0 Å². The van der Waals surface area contributed by atoms with E-state index in [1.165, 1.54) is 18.5 Å². The van der Waals surface area contributed by atoms with Crippen molar-refractivity contribution in [1.29, 1.82) is 0 Å². The first-order valence-electron chi connectivity index (χ1n) is 6.28. The van der Waals surface area contributed by atoms with Crippen LogP contribution >= 0.6 is 0 Å². The number of methoxy groups -OCH3 is 1. The van der Waals surface area contributed by atoms with Crippen molar-refractivity contribution in [3.8, 4) is 5.75 Å². The van der Waals surface area contributed by atoms with Gasteiger partial charge in [-0.25, -0.2) is 0 Å². The maximum absolute atomic E-state index is 5.14. The number of likely N-dealkylation sites (tertiary alicyclic amines) is 1. The number of hydrogen-bond acceptors (Lipinski definition) is 3. The van der Waals surface area contributed by atoms with Crippen molar-refractivity contribution in [3.05, 3.63) is 30.1 Å². The normalized spacial score (nSPS) is 27.3. The Bertz CT molecular complexity index is 438. The van der Waals surface area contributed by atoms with Crippen LogP contribution in [-0.2, 0) is 0 Å². The molecule has 3 nitrogen and oxygen atoms in total. The number of pyridine rings is 1. The van der Waals surface area contributed by atoms with E-state index >= 15 is 0 Å². The van der Waals surface area contributed by atoms with E-state index in [-0.39, 0.29) is 0 Å². The van der Waals surface area contributed by atoms with E-state index in [4.69, 9.17) is 4.74 Å². The Hall–Kier alpha value is -1.35. The average molecular weight is 230 g/mol.